The molecule has 0 saturated heterocycles. The predicted molar refractivity (Wildman–Crippen MR) is 80.2 cm³/mol. The molecular weight excluding hydrogens is 318 g/mol. The van der Waals surface area contributed by atoms with Crippen molar-refractivity contribution in [2.24, 2.45) is 0 Å². The lowest BCUT2D eigenvalue weighted by Crippen LogP contribution is -2.06. The minimum absolute atomic E-state index is 0.274. The van der Waals surface area contributed by atoms with Crippen molar-refractivity contribution >= 4 is 44.6 Å². The Balaban J connectivity index is 2.22. The smallest absolute Gasteiger partial charge is 0.0504 e. The van der Waals surface area contributed by atoms with Crippen molar-refractivity contribution in [2.75, 3.05) is 5.32 Å². The van der Waals surface area contributed by atoms with Gasteiger partial charge in [-0.3, -0.25) is 0 Å². The van der Waals surface area contributed by atoms with Crippen LogP contribution in [0.4, 0.5) is 5.69 Å². The van der Waals surface area contributed by atoms with Crippen molar-refractivity contribution in [3.63, 3.8) is 0 Å². The fraction of sp³-hybridized carbons (Fsp3) is 0.231. The first kappa shape index (κ1) is 12.9. The Hall–Kier alpha value is -0.510. The van der Waals surface area contributed by atoms with Crippen LogP contribution in [0.5, 0.6) is 0 Å². The Morgan fingerprint density at radius 2 is 2.18 bits per heavy atom. The Kier molecular flexibility index (Phi) is 4.13. The summed E-state index contributed by atoms with van der Waals surface area (Å²) >= 11 is 11.4. The first-order valence-electron chi connectivity index (χ1n) is 5.32. The van der Waals surface area contributed by atoms with Crippen LogP contribution in [-0.4, -0.2) is 0 Å². The summed E-state index contributed by atoms with van der Waals surface area (Å²) in [5, 5.41) is 8.48. The minimum Gasteiger partial charge on any atom is -0.378 e. The summed E-state index contributed by atoms with van der Waals surface area (Å²) in [7, 11) is 0. The van der Waals surface area contributed by atoms with E-state index in [0.717, 1.165) is 20.7 Å². The number of rotatable bonds is 3. The first-order chi connectivity index (χ1) is 8.08. The van der Waals surface area contributed by atoms with E-state index in [2.05, 4.69) is 45.0 Å². The van der Waals surface area contributed by atoms with Gasteiger partial charge in [-0.15, -0.1) is 0 Å². The monoisotopic (exact) mass is 329 g/mol. The Bertz CT molecular complexity index is 510. The van der Waals surface area contributed by atoms with E-state index in [0.29, 0.717) is 0 Å². The van der Waals surface area contributed by atoms with Crippen LogP contribution >= 0.6 is 38.9 Å². The maximum Gasteiger partial charge on any atom is 0.0504 e. The minimum atomic E-state index is 0.274. The second-order valence-corrected chi connectivity index (χ2v) is 6.05. The lowest BCUT2D eigenvalue weighted by molar-refractivity contribution is 0.889. The van der Waals surface area contributed by atoms with Crippen LogP contribution in [0.3, 0.4) is 0 Å². The number of nitrogens with one attached hydrogen (secondary N) is 1. The molecule has 0 radical (unpaired) electrons. The second kappa shape index (κ2) is 5.42. The highest BCUT2D eigenvalue weighted by molar-refractivity contribution is 9.10. The zero-order valence-corrected chi connectivity index (χ0v) is 12.8. The Labute approximate surface area is 119 Å². The maximum atomic E-state index is 6.14. The van der Waals surface area contributed by atoms with Crippen molar-refractivity contribution in [3.8, 4) is 0 Å². The molecule has 0 amide bonds. The average Bonchev–Trinajstić information content (AvgIpc) is 2.79. The molecule has 1 unspecified atom stereocenters. The summed E-state index contributed by atoms with van der Waals surface area (Å²) in [4.78, 5) is 0. The summed E-state index contributed by atoms with van der Waals surface area (Å²) in [6.45, 7) is 4.14. The highest BCUT2D eigenvalue weighted by Crippen LogP contribution is 2.32. The second-order valence-electron chi connectivity index (χ2n) is 4.00. The van der Waals surface area contributed by atoms with Gasteiger partial charge in [-0.25, -0.2) is 0 Å². The van der Waals surface area contributed by atoms with Crippen LogP contribution in [0.2, 0.25) is 5.02 Å². The topological polar surface area (TPSA) is 12.0 Å². The van der Waals surface area contributed by atoms with Gasteiger partial charge in [0.2, 0.25) is 0 Å². The fourth-order valence-corrected chi connectivity index (χ4v) is 3.08. The van der Waals surface area contributed by atoms with E-state index in [-0.39, 0.29) is 6.04 Å². The summed E-state index contributed by atoms with van der Waals surface area (Å²) < 4.78 is 1.04. The number of hydrogen-bond donors (Lipinski definition) is 1. The van der Waals surface area contributed by atoms with Crippen LogP contribution in [0.1, 0.15) is 24.1 Å². The SMILES string of the molecule is Cc1cc(Br)c(NC(C)c2ccsc2)cc1Cl. The molecule has 1 aromatic heterocycles. The lowest BCUT2D eigenvalue weighted by atomic mass is 10.1. The molecular formula is C13H13BrClNS. The molecule has 1 nitrogen and oxygen atoms in total. The van der Waals surface area contributed by atoms with Gasteiger partial charge in [0.05, 0.1) is 5.69 Å². The van der Waals surface area contributed by atoms with Crippen molar-refractivity contribution in [1.82, 2.24) is 0 Å². The van der Waals surface area contributed by atoms with E-state index >= 15 is 0 Å². The third kappa shape index (κ3) is 3.03. The van der Waals surface area contributed by atoms with Crippen LogP contribution in [0.15, 0.2) is 33.4 Å². The third-order valence-electron chi connectivity index (χ3n) is 2.66. The van der Waals surface area contributed by atoms with Gasteiger partial charge < -0.3 is 5.32 Å². The molecule has 0 aliphatic heterocycles. The number of benzene rings is 1. The standard InChI is InChI=1S/C13H13BrClNS/c1-8-5-11(14)13(6-12(8)15)16-9(2)10-3-4-17-7-10/h3-7,9,16H,1-2H3. The molecule has 0 spiro atoms. The van der Waals surface area contributed by atoms with Crippen molar-refractivity contribution in [1.29, 1.82) is 0 Å². The summed E-state index contributed by atoms with van der Waals surface area (Å²) in [5.74, 6) is 0. The summed E-state index contributed by atoms with van der Waals surface area (Å²) in [5.41, 5.74) is 3.39. The van der Waals surface area contributed by atoms with Crippen LogP contribution < -0.4 is 5.32 Å². The van der Waals surface area contributed by atoms with Gasteiger partial charge in [0, 0.05) is 15.5 Å². The maximum absolute atomic E-state index is 6.14. The molecule has 1 N–H and O–H groups in total. The van der Waals surface area contributed by atoms with E-state index in [1.165, 1.54) is 5.56 Å². The van der Waals surface area contributed by atoms with Crippen LogP contribution in [0.25, 0.3) is 0 Å². The molecule has 0 aliphatic rings. The lowest BCUT2D eigenvalue weighted by Gasteiger charge is -2.16. The van der Waals surface area contributed by atoms with E-state index in [1.54, 1.807) is 11.3 Å². The molecule has 1 atom stereocenters. The number of thiophene rings is 1. The largest absolute Gasteiger partial charge is 0.378 e. The zero-order chi connectivity index (χ0) is 12.4. The summed E-state index contributed by atoms with van der Waals surface area (Å²) in [6.07, 6.45) is 0. The highest BCUT2D eigenvalue weighted by atomic mass is 79.9. The molecule has 1 heterocycles. The molecule has 4 heteroatoms. The first-order valence-corrected chi connectivity index (χ1v) is 7.43. The number of aryl methyl sites for hydroxylation is 1. The fourth-order valence-electron chi connectivity index (χ4n) is 1.59. The van der Waals surface area contributed by atoms with Gasteiger partial charge >= 0.3 is 0 Å². The quantitative estimate of drug-likeness (QED) is 0.767. The number of anilines is 1. The molecule has 0 fully saturated rings. The third-order valence-corrected chi connectivity index (χ3v) is 4.43. The van der Waals surface area contributed by atoms with Gasteiger partial charge in [-0.2, -0.15) is 11.3 Å². The molecule has 90 valence electrons. The van der Waals surface area contributed by atoms with Gasteiger partial charge in [0.1, 0.15) is 0 Å². The van der Waals surface area contributed by atoms with E-state index < -0.39 is 0 Å². The van der Waals surface area contributed by atoms with E-state index in [4.69, 9.17) is 11.6 Å². The molecule has 2 aromatic rings. The molecule has 1 aromatic carbocycles. The normalized spacial score (nSPS) is 12.5. The number of halogens is 2. The molecule has 0 saturated carbocycles. The Morgan fingerprint density at radius 3 is 2.82 bits per heavy atom. The van der Waals surface area contributed by atoms with Crippen LogP contribution in [0, 0.1) is 6.92 Å². The van der Waals surface area contributed by atoms with E-state index in [9.17, 15) is 0 Å². The number of hydrogen-bond acceptors (Lipinski definition) is 2. The average molecular weight is 331 g/mol. The predicted octanol–water partition coefficient (Wildman–Crippen LogP) is 5.65. The summed E-state index contributed by atoms with van der Waals surface area (Å²) in [6, 6.07) is 6.40. The molecule has 0 aliphatic carbocycles. The Morgan fingerprint density at radius 1 is 1.41 bits per heavy atom. The highest BCUT2D eigenvalue weighted by Gasteiger charge is 2.09. The van der Waals surface area contributed by atoms with Crippen molar-refractivity contribution in [2.45, 2.75) is 19.9 Å². The van der Waals surface area contributed by atoms with Gasteiger partial charge in [-0.1, -0.05) is 11.6 Å². The van der Waals surface area contributed by atoms with Gasteiger partial charge in [0.15, 0.2) is 0 Å². The molecule has 2 rings (SSSR count). The van der Waals surface area contributed by atoms with Crippen molar-refractivity contribution in [3.05, 3.63) is 49.6 Å². The van der Waals surface area contributed by atoms with E-state index in [1.807, 2.05) is 19.1 Å². The van der Waals surface area contributed by atoms with Crippen molar-refractivity contribution < 1.29 is 0 Å². The van der Waals surface area contributed by atoms with Gasteiger partial charge in [0.25, 0.3) is 0 Å². The molecule has 17 heavy (non-hydrogen) atoms. The molecule has 0 bridgehead atoms. The van der Waals surface area contributed by atoms with Gasteiger partial charge in [-0.05, 0) is 69.9 Å². The zero-order valence-electron chi connectivity index (χ0n) is 9.63. The van der Waals surface area contributed by atoms with Crippen LogP contribution in [-0.2, 0) is 0 Å².